The first-order valence-corrected chi connectivity index (χ1v) is 7.86. The minimum atomic E-state index is 0. The summed E-state index contributed by atoms with van der Waals surface area (Å²) in [6.45, 7) is 4.94. The summed E-state index contributed by atoms with van der Waals surface area (Å²) in [6.07, 6.45) is 0.947. The first-order valence-electron chi connectivity index (χ1n) is 7.86. The van der Waals surface area contributed by atoms with Gasteiger partial charge in [-0.2, -0.15) is 0 Å². The second kappa shape index (κ2) is 10.2. The Hall–Kier alpha value is -1.76. The predicted octanol–water partition coefficient (Wildman–Crippen LogP) is 4.54. The molecule has 0 spiro atoms. The number of nitrogens with one attached hydrogen (secondary N) is 1. The fraction of sp³-hybridized carbons (Fsp3) is 0.316. The molecule has 0 saturated heterocycles. The van der Waals surface area contributed by atoms with Crippen LogP contribution in [-0.4, -0.2) is 19.6 Å². The van der Waals surface area contributed by atoms with Gasteiger partial charge in [0, 0.05) is 12.2 Å². The Morgan fingerprint density at radius 2 is 1.92 bits per heavy atom. The maximum absolute atomic E-state index is 5.94. The van der Waals surface area contributed by atoms with Crippen LogP contribution in [-0.2, 0) is 0 Å². The highest BCUT2D eigenvalue weighted by molar-refractivity contribution is 14.0. The van der Waals surface area contributed by atoms with Crippen molar-refractivity contribution in [3.8, 4) is 5.75 Å². The largest absolute Gasteiger partial charge is 0.497 e. The molecule has 0 radical (unpaired) electrons. The molecule has 2 rings (SSSR count). The van der Waals surface area contributed by atoms with E-state index in [1.807, 2.05) is 30.3 Å². The summed E-state index contributed by atoms with van der Waals surface area (Å²) < 4.78 is 5.18. The number of guanidine groups is 1. The van der Waals surface area contributed by atoms with Gasteiger partial charge in [-0.3, -0.25) is 4.99 Å². The molecule has 0 bridgehead atoms. The fourth-order valence-corrected chi connectivity index (χ4v) is 2.39. The normalized spacial score (nSPS) is 12.2. The zero-order valence-corrected chi connectivity index (χ0v) is 16.8. The van der Waals surface area contributed by atoms with Crippen molar-refractivity contribution in [1.29, 1.82) is 0 Å². The topological polar surface area (TPSA) is 59.6 Å². The van der Waals surface area contributed by atoms with E-state index in [2.05, 4.69) is 42.4 Å². The van der Waals surface area contributed by atoms with Crippen molar-refractivity contribution in [3.05, 3.63) is 59.7 Å². The van der Waals surface area contributed by atoms with Crippen molar-refractivity contribution < 1.29 is 4.74 Å². The van der Waals surface area contributed by atoms with E-state index in [9.17, 15) is 0 Å². The first kappa shape index (κ1) is 20.3. The number of benzene rings is 2. The van der Waals surface area contributed by atoms with Gasteiger partial charge in [0.05, 0.1) is 7.11 Å². The van der Waals surface area contributed by atoms with Crippen molar-refractivity contribution in [1.82, 2.24) is 0 Å². The Balaban J connectivity index is 0.00000288. The van der Waals surface area contributed by atoms with Crippen LogP contribution in [0.2, 0.25) is 0 Å². The van der Waals surface area contributed by atoms with Crippen molar-refractivity contribution >= 4 is 35.6 Å². The molecule has 0 fully saturated rings. The Labute approximate surface area is 161 Å². The number of halogens is 1. The van der Waals surface area contributed by atoms with E-state index in [-0.39, 0.29) is 24.0 Å². The number of rotatable bonds is 6. The monoisotopic (exact) mass is 439 g/mol. The molecular weight excluding hydrogens is 413 g/mol. The fourth-order valence-electron chi connectivity index (χ4n) is 2.39. The highest BCUT2D eigenvalue weighted by atomic mass is 127. The Morgan fingerprint density at radius 3 is 2.54 bits per heavy atom. The van der Waals surface area contributed by atoms with Gasteiger partial charge in [-0.15, -0.1) is 24.0 Å². The second-order valence-electron chi connectivity index (χ2n) is 5.72. The summed E-state index contributed by atoms with van der Waals surface area (Å²) in [7, 11) is 1.68. The molecule has 3 N–H and O–H groups in total. The average molecular weight is 439 g/mol. The summed E-state index contributed by atoms with van der Waals surface area (Å²) >= 11 is 0. The summed E-state index contributed by atoms with van der Waals surface area (Å²) in [6, 6.07) is 16.2. The van der Waals surface area contributed by atoms with Gasteiger partial charge in [-0.25, -0.2) is 0 Å². The van der Waals surface area contributed by atoms with Crippen LogP contribution in [0.15, 0.2) is 53.5 Å². The summed E-state index contributed by atoms with van der Waals surface area (Å²) in [5.74, 6) is 1.76. The number of anilines is 1. The molecule has 0 aliphatic heterocycles. The van der Waals surface area contributed by atoms with E-state index in [1.54, 1.807) is 7.11 Å². The number of nitrogens with zero attached hydrogens (tertiary/aromatic N) is 1. The lowest BCUT2D eigenvalue weighted by atomic mass is 9.98. The van der Waals surface area contributed by atoms with Gasteiger partial charge >= 0.3 is 0 Å². The SMILES string of the molecule is COc1ccc(C(C)CCN=C(N)Nc2cccc(C)c2)cc1.I. The smallest absolute Gasteiger partial charge is 0.193 e. The van der Waals surface area contributed by atoms with Crippen molar-refractivity contribution in [2.24, 2.45) is 10.7 Å². The summed E-state index contributed by atoms with van der Waals surface area (Å²) in [4.78, 5) is 4.41. The molecule has 0 aromatic heterocycles. The minimum absolute atomic E-state index is 0. The van der Waals surface area contributed by atoms with E-state index in [0.717, 1.165) is 17.9 Å². The highest BCUT2D eigenvalue weighted by Crippen LogP contribution is 2.21. The second-order valence-corrected chi connectivity index (χ2v) is 5.72. The van der Waals surface area contributed by atoms with E-state index in [0.29, 0.717) is 18.4 Å². The van der Waals surface area contributed by atoms with E-state index in [4.69, 9.17) is 10.5 Å². The predicted molar refractivity (Wildman–Crippen MR) is 113 cm³/mol. The van der Waals surface area contributed by atoms with Crippen LogP contribution in [0.3, 0.4) is 0 Å². The third-order valence-electron chi connectivity index (χ3n) is 3.82. The molecule has 1 atom stereocenters. The number of hydrogen-bond donors (Lipinski definition) is 2. The molecule has 1 unspecified atom stereocenters. The van der Waals surface area contributed by atoms with E-state index in [1.165, 1.54) is 11.1 Å². The number of aryl methyl sites for hydroxylation is 1. The lowest BCUT2D eigenvalue weighted by Gasteiger charge is -2.11. The third kappa shape index (κ3) is 6.39. The number of methoxy groups -OCH3 is 1. The quantitative estimate of drug-likeness (QED) is 0.395. The number of hydrogen-bond acceptors (Lipinski definition) is 2. The zero-order valence-electron chi connectivity index (χ0n) is 14.5. The molecule has 0 aliphatic rings. The molecule has 4 nitrogen and oxygen atoms in total. The average Bonchev–Trinajstić information content (AvgIpc) is 2.55. The van der Waals surface area contributed by atoms with Gasteiger partial charge in [0.15, 0.2) is 5.96 Å². The molecule has 0 saturated carbocycles. The number of aliphatic imine (C=N–C) groups is 1. The highest BCUT2D eigenvalue weighted by Gasteiger charge is 2.05. The number of ether oxygens (including phenoxy) is 1. The van der Waals surface area contributed by atoms with Crippen molar-refractivity contribution in [2.75, 3.05) is 19.0 Å². The van der Waals surface area contributed by atoms with Crippen LogP contribution in [0.1, 0.15) is 30.4 Å². The number of nitrogens with two attached hydrogens (primary N) is 1. The molecule has 0 amide bonds. The maximum atomic E-state index is 5.94. The Kier molecular flexibility index (Phi) is 8.60. The van der Waals surface area contributed by atoms with Gasteiger partial charge in [-0.05, 0) is 54.7 Å². The lowest BCUT2D eigenvalue weighted by Crippen LogP contribution is -2.23. The zero-order chi connectivity index (χ0) is 16.7. The van der Waals surface area contributed by atoms with Crippen LogP contribution in [0, 0.1) is 6.92 Å². The van der Waals surface area contributed by atoms with Crippen LogP contribution < -0.4 is 15.8 Å². The van der Waals surface area contributed by atoms with Gasteiger partial charge in [-0.1, -0.05) is 31.2 Å². The van der Waals surface area contributed by atoms with Crippen LogP contribution in [0.5, 0.6) is 5.75 Å². The first-order chi connectivity index (χ1) is 11.1. The van der Waals surface area contributed by atoms with Crippen LogP contribution >= 0.6 is 24.0 Å². The minimum Gasteiger partial charge on any atom is -0.497 e. The molecule has 24 heavy (non-hydrogen) atoms. The molecular formula is C19H26IN3O. The molecule has 0 heterocycles. The van der Waals surface area contributed by atoms with Crippen LogP contribution in [0.25, 0.3) is 0 Å². The Bertz CT molecular complexity index is 656. The Morgan fingerprint density at radius 1 is 1.21 bits per heavy atom. The molecule has 2 aromatic rings. The van der Waals surface area contributed by atoms with Gasteiger partial charge < -0.3 is 15.8 Å². The van der Waals surface area contributed by atoms with Gasteiger partial charge in [0.1, 0.15) is 5.75 Å². The standard InChI is InChI=1S/C19H25N3O.HI/c1-14-5-4-6-17(13-14)22-19(20)21-12-11-15(2)16-7-9-18(23-3)10-8-16;/h4-10,13,15H,11-12H2,1-3H3,(H3,20,21,22);1H. The van der Waals surface area contributed by atoms with Crippen molar-refractivity contribution in [3.63, 3.8) is 0 Å². The molecule has 5 heteroatoms. The van der Waals surface area contributed by atoms with Gasteiger partial charge in [0.25, 0.3) is 0 Å². The molecule has 2 aromatic carbocycles. The lowest BCUT2D eigenvalue weighted by molar-refractivity contribution is 0.414. The molecule has 130 valence electrons. The van der Waals surface area contributed by atoms with Crippen LogP contribution in [0.4, 0.5) is 5.69 Å². The third-order valence-corrected chi connectivity index (χ3v) is 3.82. The maximum Gasteiger partial charge on any atom is 0.193 e. The summed E-state index contributed by atoms with van der Waals surface area (Å²) in [5, 5.41) is 3.12. The van der Waals surface area contributed by atoms with Crippen molar-refractivity contribution in [2.45, 2.75) is 26.2 Å². The van der Waals surface area contributed by atoms with Gasteiger partial charge in [0.2, 0.25) is 0 Å². The molecule has 0 aliphatic carbocycles. The van der Waals surface area contributed by atoms with E-state index < -0.39 is 0 Å². The summed E-state index contributed by atoms with van der Waals surface area (Å²) in [5.41, 5.74) is 9.38. The van der Waals surface area contributed by atoms with E-state index >= 15 is 0 Å².